The van der Waals surface area contributed by atoms with Gasteiger partial charge in [0, 0.05) is 6.54 Å². The van der Waals surface area contributed by atoms with E-state index in [4.69, 9.17) is 5.11 Å². The summed E-state index contributed by atoms with van der Waals surface area (Å²) in [5, 5.41) is 8.88. The summed E-state index contributed by atoms with van der Waals surface area (Å²) in [4.78, 5) is 12.8. The molecule has 86 valence electrons. The van der Waals surface area contributed by atoms with Crippen molar-refractivity contribution in [2.24, 2.45) is 0 Å². The van der Waals surface area contributed by atoms with Crippen LogP contribution in [0.1, 0.15) is 18.4 Å². The Morgan fingerprint density at radius 2 is 2.12 bits per heavy atom. The van der Waals surface area contributed by atoms with Gasteiger partial charge in [-0.15, -0.1) is 0 Å². The van der Waals surface area contributed by atoms with Gasteiger partial charge in [-0.1, -0.05) is 30.3 Å². The fourth-order valence-corrected chi connectivity index (χ4v) is 2.12. The molecule has 0 amide bonds. The normalized spacial score (nSPS) is 20.4. The van der Waals surface area contributed by atoms with Gasteiger partial charge in [0.15, 0.2) is 0 Å². The molecule has 2 rings (SSSR count). The van der Waals surface area contributed by atoms with E-state index >= 15 is 0 Å². The van der Waals surface area contributed by atoms with Gasteiger partial charge in [0.25, 0.3) is 0 Å². The Morgan fingerprint density at radius 3 is 2.69 bits per heavy atom. The van der Waals surface area contributed by atoms with E-state index in [-0.39, 0.29) is 6.04 Å². The van der Waals surface area contributed by atoms with Crippen LogP contribution in [-0.4, -0.2) is 35.1 Å². The van der Waals surface area contributed by atoms with E-state index in [9.17, 15) is 4.79 Å². The zero-order chi connectivity index (χ0) is 11.4. The van der Waals surface area contributed by atoms with Crippen molar-refractivity contribution < 1.29 is 9.90 Å². The molecule has 0 aliphatic carbocycles. The van der Waals surface area contributed by atoms with Crippen molar-refractivity contribution in [1.82, 2.24) is 4.90 Å². The van der Waals surface area contributed by atoms with Gasteiger partial charge in [0.2, 0.25) is 0 Å². The topological polar surface area (TPSA) is 40.5 Å². The first-order valence-corrected chi connectivity index (χ1v) is 5.78. The summed E-state index contributed by atoms with van der Waals surface area (Å²) in [7, 11) is 0. The number of hydrogen-bond acceptors (Lipinski definition) is 2. The predicted octanol–water partition coefficient (Wildman–Crippen LogP) is 1.78. The Kier molecular flexibility index (Phi) is 3.57. The van der Waals surface area contributed by atoms with Crippen molar-refractivity contribution in [3.05, 3.63) is 35.9 Å². The monoisotopic (exact) mass is 219 g/mol. The summed E-state index contributed by atoms with van der Waals surface area (Å²) < 4.78 is 0. The van der Waals surface area contributed by atoms with E-state index in [2.05, 4.69) is 12.1 Å². The second-order valence-electron chi connectivity index (χ2n) is 4.27. The van der Waals surface area contributed by atoms with Gasteiger partial charge >= 0.3 is 5.97 Å². The Bertz CT molecular complexity index is 350. The average molecular weight is 219 g/mol. The lowest BCUT2D eigenvalue weighted by molar-refractivity contribution is -0.148. The molecule has 3 heteroatoms. The molecule has 1 aromatic carbocycles. The molecule has 1 atom stereocenters. The van der Waals surface area contributed by atoms with Crippen LogP contribution in [0.2, 0.25) is 0 Å². The van der Waals surface area contributed by atoms with E-state index in [0.29, 0.717) is 0 Å². The van der Waals surface area contributed by atoms with Crippen molar-refractivity contribution in [3.8, 4) is 0 Å². The van der Waals surface area contributed by atoms with E-state index in [1.165, 1.54) is 5.56 Å². The van der Waals surface area contributed by atoms with Crippen LogP contribution in [0.15, 0.2) is 30.3 Å². The number of nitrogens with zero attached hydrogens (tertiary/aromatic N) is 1. The number of carbonyl (C=O) groups is 1. The van der Waals surface area contributed by atoms with Crippen molar-refractivity contribution >= 4 is 5.97 Å². The van der Waals surface area contributed by atoms with Crippen LogP contribution >= 0.6 is 0 Å². The summed E-state index contributed by atoms with van der Waals surface area (Å²) in [6.45, 7) is 1.83. The lowest BCUT2D eigenvalue weighted by atomic mass is 10.0. The zero-order valence-corrected chi connectivity index (χ0v) is 9.30. The third-order valence-electron chi connectivity index (χ3n) is 3.17. The second kappa shape index (κ2) is 5.12. The molecule has 1 aromatic rings. The first kappa shape index (κ1) is 11.1. The number of likely N-dealkylation sites (tertiary alicyclic amines) is 1. The third-order valence-corrected chi connectivity index (χ3v) is 3.17. The highest BCUT2D eigenvalue weighted by atomic mass is 16.4. The first-order valence-electron chi connectivity index (χ1n) is 5.78. The Hall–Kier alpha value is -1.35. The predicted molar refractivity (Wildman–Crippen MR) is 62.4 cm³/mol. The molecular weight excluding hydrogens is 202 g/mol. The molecule has 0 unspecified atom stereocenters. The molecule has 0 aromatic heterocycles. The largest absolute Gasteiger partial charge is 0.480 e. The lowest BCUT2D eigenvalue weighted by Gasteiger charge is -2.37. The summed E-state index contributed by atoms with van der Waals surface area (Å²) in [5.74, 6) is -0.675. The number of benzene rings is 1. The van der Waals surface area contributed by atoms with Crippen LogP contribution in [0.3, 0.4) is 0 Å². The van der Waals surface area contributed by atoms with Gasteiger partial charge in [-0.25, -0.2) is 0 Å². The number of aliphatic carboxylic acids is 1. The second-order valence-corrected chi connectivity index (χ2v) is 4.27. The van der Waals surface area contributed by atoms with Gasteiger partial charge in [-0.3, -0.25) is 9.69 Å². The molecule has 1 fully saturated rings. The van der Waals surface area contributed by atoms with Crippen LogP contribution in [0.5, 0.6) is 0 Å². The SMILES string of the molecule is O=C(O)[C@H]1CCN1CCCc1ccccc1. The molecule has 16 heavy (non-hydrogen) atoms. The zero-order valence-electron chi connectivity index (χ0n) is 9.30. The van der Waals surface area contributed by atoms with Crippen LogP contribution in [0, 0.1) is 0 Å². The van der Waals surface area contributed by atoms with Crippen molar-refractivity contribution in [2.75, 3.05) is 13.1 Å². The van der Waals surface area contributed by atoms with Gasteiger partial charge in [-0.2, -0.15) is 0 Å². The summed E-state index contributed by atoms with van der Waals surface area (Å²) in [6, 6.07) is 10.1. The molecule has 0 saturated carbocycles. The minimum Gasteiger partial charge on any atom is -0.480 e. The minimum absolute atomic E-state index is 0.226. The summed E-state index contributed by atoms with van der Waals surface area (Å²) in [6.07, 6.45) is 2.87. The molecule has 0 spiro atoms. The maximum atomic E-state index is 10.8. The van der Waals surface area contributed by atoms with Gasteiger partial charge in [0.05, 0.1) is 0 Å². The average Bonchev–Trinajstić information content (AvgIpc) is 2.23. The standard InChI is InChI=1S/C13H17NO2/c15-13(16)12-8-10-14(12)9-4-7-11-5-2-1-3-6-11/h1-3,5-6,12H,4,7-10H2,(H,15,16)/t12-/m1/s1. The maximum Gasteiger partial charge on any atom is 0.320 e. The third kappa shape index (κ3) is 2.61. The van der Waals surface area contributed by atoms with Crippen LogP contribution < -0.4 is 0 Å². The smallest absolute Gasteiger partial charge is 0.320 e. The van der Waals surface area contributed by atoms with Crippen LogP contribution in [0.4, 0.5) is 0 Å². The van der Waals surface area contributed by atoms with Gasteiger partial charge in [0.1, 0.15) is 6.04 Å². The van der Waals surface area contributed by atoms with E-state index in [1.54, 1.807) is 0 Å². The molecule has 1 saturated heterocycles. The summed E-state index contributed by atoms with van der Waals surface area (Å²) in [5.41, 5.74) is 1.33. The van der Waals surface area contributed by atoms with Crippen molar-refractivity contribution in [1.29, 1.82) is 0 Å². The Balaban J connectivity index is 1.71. The van der Waals surface area contributed by atoms with E-state index in [1.807, 2.05) is 23.1 Å². The fourth-order valence-electron chi connectivity index (χ4n) is 2.12. The molecule has 0 radical (unpaired) electrons. The number of aryl methyl sites for hydroxylation is 1. The molecule has 1 N–H and O–H groups in total. The quantitative estimate of drug-likeness (QED) is 0.820. The lowest BCUT2D eigenvalue weighted by Crippen LogP contribution is -2.52. The van der Waals surface area contributed by atoms with Gasteiger partial charge in [-0.05, 0) is 31.4 Å². The van der Waals surface area contributed by atoms with Crippen molar-refractivity contribution in [2.45, 2.75) is 25.3 Å². The van der Waals surface area contributed by atoms with Crippen molar-refractivity contribution in [3.63, 3.8) is 0 Å². The fraction of sp³-hybridized carbons (Fsp3) is 0.462. The Morgan fingerprint density at radius 1 is 1.38 bits per heavy atom. The number of carboxylic acid groups (broad SMARTS) is 1. The Labute approximate surface area is 95.7 Å². The van der Waals surface area contributed by atoms with E-state index < -0.39 is 5.97 Å². The highest BCUT2D eigenvalue weighted by Crippen LogP contribution is 2.18. The highest BCUT2D eigenvalue weighted by molar-refractivity contribution is 5.74. The highest BCUT2D eigenvalue weighted by Gasteiger charge is 2.32. The van der Waals surface area contributed by atoms with Crippen LogP contribution in [0.25, 0.3) is 0 Å². The summed E-state index contributed by atoms with van der Waals surface area (Å²) >= 11 is 0. The molecule has 1 aliphatic heterocycles. The van der Waals surface area contributed by atoms with E-state index in [0.717, 1.165) is 32.4 Å². The maximum absolute atomic E-state index is 10.8. The molecule has 3 nitrogen and oxygen atoms in total. The van der Waals surface area contributed by atoms with Gasteiger partial charge < -0.3 is 5.11 Å². The number of hydrogen-bond donors (Lipinski definition) is 1. The molecule has 0 bridgehead atoms. The first-order chi connectivity index (χ1) is 7.77. The minimum atomic E-state index is -0.675. The van der Waals surface area contributed by atoms with Crippen LogP contribution in [-0.2, 0) is 11.2 Å². The molecule has 1 heterocycles. The molecular formula is C13H17NO2. The number of carboxylic acids is 1. The number of rotatable bonds is 5. The molecule has 1 aliphatic rings.